The Morgan fingerprint density at radius 2 is 1.95 bits per heavy atom. The molecule has 0 atom stereocenters. The number of hydrogen-bond donors (Lipinski definition) is 1. The van der Waals surface area contributed by atoms with Gasteiger partial charge in [0.05, 0.1) is 11.3 Å². The number of primary amides is 1. The molecule has 1 aliphatic heterocycles. The number of nitrogens with zero attached hydrogens (tertiary/aromatic N) is 3. The maximum absolute atomic E-state index is 10.7. The number of amides is 1. The Labute approximate surface area is 119 Å². The van der Waals surface area contributed by atoms with Gasteiger partial charge in [-0.15, -0.1) is 0 Å². The van der Waals surface area contributed by atoms with E-state index in [1.54, 1.807) is 0 Å². The zero-order valence-electron chi connectivity index (χ0n) is 11.6. The van der Waals surface area contributed by atoms with Crippen LogP contribution in [0.3, 0.4) is 0 Å². The third-order valence-corrected chi connectivity index (χ3v) is 3.63. The topological polar surface area (TPSA) is 73.4 Å². The molecule has 1 aromatic rings. The van der Waals surface area contributed by atoms with Crippen LogP contribution >= 0.6 is 0 Å². The minimum atomic E-state index is -0.230. The molecule has 5 nitrogen and oxygen atoms in total. The summed E-state index contributed by atoms with van der Waals surface area (Å²) in [4.78, 5) is 15.3. The average Bonchev–Trinajstić information content (AvgIpc) is 2.47. The number of piperazine rings is 1. The minimum Gasteiger partial charge on any atom is -0.370 e. The minimum absolute atomic E-state index is 0.230. The van der Waals surface area contributed by atoms with Gasteiger partial charge in [0.1, 0.15) is 6.07 Å². The lowest BCUT2D eigenvalue weighted by Crippen LogP contribution is -2.47. The van der Waals surface area contributed by atoms with Gasteiger partial charge in [0.2, 0.25) is 5.91 Å². The van der Waals surface area contributed by atoms with E-state index in [4.69, 9.17) is 11.0 Å². The van der Waals surface area contributed by atoms with E-state index in [1.165, 1.54) is 0 Å². The van der Waals surface area contributed by atoms with Crippen molar-refractivity contribution in [2.75, 3.05) is 37.6 Å². The van der Waals surface area contributed by atoms with Gasteiger partial charge in [-0.05, 0) is 25.1 Å². The molecule has 1 fully saturated rings. The summed E-state index contributed by atoms with van der Waals surface area (Å²) in [5.74, 6) is -0.230. The number of para-hydroxylation sites is 1. The molecule has 1 heterocycles. The van der Waals surface area contributed by atoms with Crippen molar-refractivity contribution in [1.82, 2.24) is 4.90 Å². The van der Waals surface area contributed by atoms with Gasteiger partial charge in [-0.2, -0.15) is 5.26 Å². The number of rotatable bonds is 5. The Bertz CT molecular complexity index is 501. The predicted molar refractivity (Wildman–Crippen MR) is 78.2 cm³/mol. The normalized spacial score (nSPS) is 15.8. The van der Waals surface area contributed by atoms with Crippen LogP contribution in [0.2, 0.25) is 0 Å². The zero-order chi connectivity index (χ0) is 14.4. The molecule has 2 N–H and O–H groups in total. The molecule has 0 saturated carbocycles. The molecule has 2 rings (SSSR count). The second-order valence-corrected chi connectivity index (χ2v) is 5.03. The lowest BCUT2D eigenvalue weighted by molar-refractivity contribution is -0.118. The van der Waals surface area contributed by atoms with Crippen LogP contribution in [-0.4, -0.2) is 43.5 Å². The van der Waals surface area contributed by atoms with Crippen molar-refractivity contribution >= 4 is 11.6 Å². The van der Waals surface area contributed by atoms with Crippen LogP contribution in [-0.2, 0) is 4.79 Å². The van der Waals surface area contributed by atoms with E-state index in [0.29, 0.717) is 6.42 Å². The highest BCUT2D eigenvalue weighted by Gasteiger charge is 2.18. The van der Waals surface area contributed by atoms with Crippen LogP contribution < -0.4 is 10.6 Å². The second kappa shape index (κ2) is 6.92. The van der Waals surface area contributed by atoms with E-state index in [0.717, 1.165) is 50.4 Å². The summed E-state index contributed by atoms with van der Waals surface area (Å²) >= 11 is 0. The summed E-state index contributed by atoms with van der Waals surface area (Å²) in [5, 5.41) is 9.14. The van der Waals surface area contributed by atoms with E-state index in [2.05, 4.69) is 15.9 Å². The van der Waals surface area contributed by atoms with Gasteiger partial charge in [-0.3, -0.25) is 9.69 Å². The molecule has 0 spiro atoms. The molecule has 20 heavy (non-hydrogen) atoms. The summed E-state index contributed by atoms with van der Waals surface area (Å²) < 4.78 is 0. The van der Waals surface area contributed by atoms with Gasteiger partial charge in [-0.25, -0.2) is 0 Å². The van der Waals surface area contributed by atoms with Crippen molar-refractivity contribution in [3.63, 3.8) is 0 Å². The first kappa shape index (κ1) is 14.4. The maximum Gasteiger partial charge on any atom is 0.217 e. The fourth-order valence-corrected chi connectivity index (χ4v) is 2.53. The number of hydrogen-bond acceptors (Lipinski definition) is 4. The van der Waals surface area contributed by atoms with Crippen molar-refractivity contribution in [2.45, 2.75) is 12.8 Å². The van der Waals surface area contributed by atoms with E-state index < -0.39 is 0 Å². The molecule has 0 radical (unpaired) electrons. The first-order valence-electron chi connectivity index (χ1n) is 6.95. The maximum atomic E-state index is 10.7. The molecular formula is C15H20N4O. The van der Waals surface area contributed by atoms with Gasteiger partial charge in [-0.1, -0.05) is 12.1 Å². The third kappa shape index (κ3) is 3.72. The van der Waals surface area contributed by atoms with Crippen molar-refractivity contribution < 1.29 is 4.79 Å². The molecular weight excluding hydrogens is 252 g/mol. The Kier molecular flexibility index (Phi) is 4.97. The van der Waals surface area contributed by atoms with Crippen LogP contribution in [0.4, 0.5) is 5.69 Å². The molecule has 1 saturated heterocycles. The molecule has 1 aliphatic rings. The summed E-state index contributed by atoms with van der Waals surface area (Å²) in [5.41, 5.74) is 6.89. The third-order valence-electron chi connectivity index (χ3n) is 3.63. The standard InChI is InChI=1S/C15H20N4O/c16-12-13-4-1-2-5-14(13)19-10-8-18(9-11-19)7-3-6-15(17)20/h1-2,4-5H,3,6-11H2,(H2,17,20). The highest BCUT2D eigenvalue weighted by atomic mass is 16.1. The Hall–Kier alpha value is -2.06. The van der Waals surface area contributed by atoms with E-state index in [1.807, 2.05) is 24.3 Å². The molecule has 1 aromatic carbocycles. The molecule has 0 aromatic heterocycles. The van der Waals surface area contributed by atoms with Crippen LogP contribution in [0.1, 0.15) is 18.4 Å². The predicted octanol–water partition coefficient (Wildman–Crippen LogP) is 0.946. The van der Waals surface area contributed by atoms with E-state index in [9.17, 15) is 4.79 Å². The molecule has 5 heteroatoms. The van der Waals surface area contributed by atoms with Crippen LogP contribution in [0.25, 0.3) is 0 Å². The van der Waals surface area contributed by atoms with Crippen LogP contribution in [0, 0.1) is 11.3 Å². The number of anilines is 1. The SMILES string of the molecule is N#Cc1ccccc1N1CCN(CCCC(N)=O)CC1. The van der Waals surface area contributed by atoms with Gasteiger partial charge >= 0.3 is 0 Å². The fourth-order valence-electron chi connectivity index (χ4n) is 2.53. The van der Waals surface area contributed by atoms with Gasteiger partial charge in [0, 0.05) is 32.6 Å². The van der Waals surface area contributed by atoms with Gasteiger partial charge in [0.15, 0.2) is 0 Å². The Morgan fingerprint density at radius 1 is 1.25 bits per heavy atom. The van der Waals surface area contributed by atoms with Crippen molar-refractivity contribution in [3.8, 4) is 6.07 Å². The number of nitrogens with two attached hydrogens (primary N) is 1. The highest BCUT2D eigenvalue weighted by molar-refractivity contribution is 5.73. The lowest BCUT2D eigenvalue weighted by Gasteiger charge is -2.36. The number of benzene rings is 1. The smallest absolute Gasteiger partial charge is 0.217 e. The summed E-state index contributed by atoms with van der Waals surface area (Å²) in [6.07, 6.45) is 1.28. The van der Waals surface area contributed by atoms with Crippen molar-refractivity contribution in [1.29, 1.82) is 5.26 Å². The second-order valence-electron chi connectivity index (χ2n) is 5.03. The Morgan fingerprint density at radius 3 is 2.60 bits per heavy atom. The van der Waals surface area contributed by atoms with Crippen molar-refractivity contribution in [2.24, 2.45) is 5.73 Å². The first-order valence-corrected chi connectivity index (χ1v) is 6.95. The zero-order valence-corrected chi connectivity index (χ0v) is 11.6. The molecule has 0 aliphatic carbocycles. The van der Waals surface area contributed by atoms with E-state index in [-0.39, 0.29) is 5.91 Å². The Balaban J connectivity index is 1.85. The summed E-state index contributed by atoms with van der Waals surface area (Å²) in [7, 11) is 0. The van der Waals surface area contributed by atoms with Gasteiger partial charge < -0.3 is 10.6 Å². The molecule has 1 amide bonds. The molecule has 106 valence electrons. The largest absolute Gasteiger partial charge is 0.370 e. The highest BCUT2D eigenvalue weighted by Crippen LogP contribution is 2.21. The monoisotopic (exact) mass is 272 g/mol. The number of carbonyl (C=O) groups is 1. The van der Waals surface area contributed by atoms with Crippen LogP contribution in [0.5, 0.6) is 0 Å². The summed E-state index contributed by atoms with van der Waals surface area (Å²) in [6.45, 7) is 4.65. The molecule has 0 unspecified atom stereocenters. The summed E-state index contributed by atoms with van der Waals surface area (Å²) in [6, 6.07) is 9.96. The quantitative estimate of drug-likeness (QED) is 0.866. The van der Waals surface area contributed by atoms with Crippen molar-refractivity contribution in [3.05, 3.63) is 29.8 Å². The van der Waals surface area contributed by atoms with Gasteiger partial charge in [0.25, 0.3) is 0 Å². The lowest BCUT2D eigenvalue weighted by atomic mass is 10.1. The number of nitriles is 1. The molecule has 0 bridgehead atoms. The fraction of sp³-hybridized carbons (Fsp3) is 0.467. The number of carbonyl (C=O) groups excluding carboxylic acids is 1. The average molecular weight is 272 g/mol. The first-order chi connectivity index (χ1) is 9.70. The van der Waals surface area contributed by atoms with E-state index >= 15 is 0 Å². The van der Waals surface area contributed by atoms with Crippen LogP contribution in [0.15, 0.2) is 24.3 Å².